The highest BCUT2D eigenvalue weighted by Gasteiger charge is 2.48. The number of hydrogen-bond acceptors (Lipinski definition) is 6. The number of para-hydroxylation sites is 1. The van der Waals surface area contributed by atoms with Gasteiger partial charge in [-0.3, -0.25) is 19.4 Å². The molecule has 2 aromatic heterocycles. The minimum Gasteiger partial charge on any atom is -0.493 e. The number of carbonyl (C=O) groups is 3. The highest BCUT2D eigenvalue weighted by molar-refractivity contribution is 5.97. The van der Waals surface area contributed by atoms with Crippen LogP contribution in [0.15, 0.2) is 53.2 Å². The number of aromatic nitrogens is 1. The summed E-state index contributed by atoms with van der Waals surface area (Å²) in [5.41, 5.74) is 1.47. The van der Waals surface area contributed by atoms with Crippen molar-refractivity contribution in [2.75, 3.05) is 40.3 Å². The van der Waals surface area contributed by atoms with Gasteiger partial charge in [0.05, 0.1) is 19.1 Å². The van der Waals surface area contributed by atoms with Crippen LogP contribution < -0.4 is 4.74 Å². The SMILES string of the molecule is COc1cccc2cc(C(=O)N3CCC4(CC3)CCN(C(=O)[C@@H]3CC(=O)N(C)[C@H]3c3cccnc3)C4)oc12. The zero-order valence-electron chi connectivity index (χ0n) is 21.8. The lowest BCUT2D eigenvalue weighted by atomic mass is 9.77. The van der Waals surface area contributed by atoms with Gasteiger partial charge in [-0.05, 0) is 48.4 Å². The van der Waals surface area contributed by atoms with Crippen LogP contribution in [0.4, 0.5) is 0 Å². The fourth-order valence-electron chi connectivity index (χ4n) is 6.51. The maximum atomic E-state index is 13.7. The normalized spacial score (nSPS) is 23.0. The fourth-order valence-corrected chi connectivity index (χ4v) is 6.51. The van der Waals surface area contributed by atoms with Crippen molar-refractivity contribution < 1.29 is 23.5 Å². The standard InChI is InChI=1S/C29H32N4O5/c1-31-24(34)16-21(25(31)20-6-4-11-30-17-20)27(35)33-14-10-29(18-33)8-12-32(13-9-29)28(36)23-15-19-5-3-7-22(37-2)26(19)38-23/h3-7,11,15,17,21,25H,8-10,12-14,16,18H2,1-2H3/t21-,25+/m1/s1. The second-order valence-corrected chi connectivity index (χ2v) is 10.8. The molecule has 0 saturated carbocycles. The molecule has 1 spiro atoms. The molecule has 3 aromatic rings. The number of pyridine rings is 1. The summed E-state index contributed by atoms with van der Waals surface area (Å²) < 4.78 is 11.3. The lowest BCUT2D eigenvalue weighted by Crippen LogP contribution is -2.45. The predicted molar refractivity (Wildman–Crippen MR) is 139 cm³/mol. The number of piperidine rings is 1. The molecule has 0 unspecified atom stereocenters. The van der Waals surface area contributed by atoms with Crippen LogP contribution >= 0.6 is 0 Å². The molecule has 5 heterocycles. The van der Waals surface area contributed by atoms with Crippen molar-refractivity contribution in [1.29, 1.82) is 0 Å². The van der Waals surface area contributed by atoms with Crippen molar-refractivity contribution in [2.24, 2.45) is 11.3 Å². The summed E-state index contributed by atoms with van der Waals surface area (Å²) in [6.45, 7) is 2.60. The summed E-state index contributed by atoms with van der Waals surface area (Å²) in [5.74, 6) is 0.440. The van der Waals surface area contributed by atoms with E-state index in [1.54, 1.807) is 37.5 Å². The second kappa shape index (κ2) is 9.45. The van der Waals surface area contributed by atoms with Crippen molar-refractivity contribution >= 4 is 28.7 Å². The van der Waals surface area contributed by atoms with Gasteiger partial charge in [0.25, 0.3) is 5.91 Å². The quantitative estimate of drug-likeness (QED) is 0.527. The number of ether oxygens (including phenoxy) is 1. The van der Waals surface area contributed by atoms with Gasteiger partial charge in [0.2, 0.25) is 11.8 Å². The molecule has 0 aliphatic carbocycles. The van der Waals surface area contributed by atoms with Gasteiger partial charge in [0.1, 0.15) is 0 Å². The van der Waals surface area contributed by atoms with Crippen LogP contribution in [-0.4, -0.2) is 77.7 Å². The number of benzene rings is 1. The van der Waals surface area contributed by atoms with E-state index >= 15 is 0 Å². The number of likely N-dealkylation sites (tertiary alicyclic amines) is 3. The zero-order chi connectivity index (χ0) is 26.4. The average Bonchev–Trinajstić information content (AvgIpc) is 3.65. The Hall–Kier alpha value is -3.88. The van der Waals surface area contributed by atoms with Gasteiger partial charge in [-0.15, -0.1) is 0 Å². The van der Waals surface area contributed by atoms with Gasteiger partial charge in [-0.2, -0.15) is 0 Å². The van der Waals surface area contributed by atoms with E-state index in [4.69, 9.17) is 9.15 Å². The molecule has 2 atom stereocenters. The van der Waals surface area contributed by atoms with Gasteiger partial charge in [0.15, 0.2) is 17.1 Å². The molecule has 3 fully saturated rings. The molecule has 3 aliphatic heterocycles. The molecule has 9 nitrogen and oxygen atoms in total. The monoisotopic (exact) mass is 516 g/mol. The van der Waals surface area contributed by atoms with E-state index in [-0.39, 0.29) is 35.6 Å². The fraction of sp³-hybridized carbons (Fsp3) is 0.448. The molecule has 0 bridgehead atoms. The zero-order valence-corrected chi connectivity index (χ0v) is 21.8. The Labute approximate surface area is 221 Å². The van der Waals surface area contributed by atoms with Gasteiger partial charge in [-0.25, -0.2) is 0 Å². The molecule has 0 radical (unpaired) electrons. The number of methoxy groups -OCH3 is 1. The second-order valence-electron chi connectivity index (χ2n) is 10.8. The molecule has 38 heavy (non-hydrogen) atoms. The Balaban J connectivity index is 1.11. The third-order valence-electron chi connectivity index (χ3n) is 8.73. The van der Waals surface area contributed by atoms with Crippen LogP contribution in [0.2, 0.25) is 0 Å². The molecule has 1 aromatic carbocycles. The van der Waals surface area contributed by atoms with Crippen molar-refractivity contribution in [3.8, 4) is 5.75 Å². The number of amides is 3. The van der Waals surface area contributed by atoms with Crippen molar-refractivity contribution in [1.82, 2.24) is 19.7 Å². The van der Waals surface area contributed by atoms with Gasteiger partial charge in [0, 0.05) is 57.4 Å². The molecular formula is C29H32N4O5. The van der Waals surface area contributed by atoms with Crippen molar-refractivity contribution in [3.63, 3.8) is 0 Å². The van der Waals surface area contributed by atoms with E-state index in [2.05, 4.69) is 4.98 Å². The minimum atomic E-state index is -0.404. The molecular weight excluding hydrogens is 484 g/mol. The summed E-state index contributed by atoms with van der Waals surface area (Å²) in [7, 11) is 3.35. The molecule has 198 valence electrons. The Bertz CT molecular complexity index is 1380. The van der Waals surface area contributed by atoms with E-state index in [9.17, 15) is 14.4 Å². The lowest BCUT2D eigenvalue weighted by Gasteiger charge is -2.39. The minimum absolute atomic E-state index is 0.00184. The first kappa shape index (κ1) is 24.5. The topological polar surface area (TPSA) is 96.2 Å². The Morgan fingerprint density at radius 3 is 2.55 bits per heavy atom. The van der Waals surface area contributed by atoms with Crippen LogP contribution in [-0.2, 0) is 9.59 Å². The summed E-state index contributed by atoms with van der Waals surface area (Å²) in [4.78, 5) is 49.2. The van der Waals surface area contributed by atoms with Gasteiger partial charge in [-0.1, -0.05) is 18.2 Å². The number of fused-ring (bicyclic) bond motifs is 1. The van der Waals surface area contributed by atoms with E-state index in [0.29, 0.717) is 43.3 Å². The lowest BCUT2D eigenvalue weighted by molar-refractivity contribution is -0.136. The van der Waals surface area contributed by atoms with Crippen LogP contribution in [0.1, 0.15) is 47.8 Å². The highest BCUT2D eigenvalue weighted by atomic mass is 16.5. The molecule has 6 rings (SSSR count). The molecule has 3 saturated heterocycles. The van der Waals surface area contributed by atoms with Crippen molar-refractivity contribution in [2.45, 2.75) is 31.7 Å². The maximum Gasteiger partial charge on any atom is 0.289 e. The average molecular weight is 517 g/mol. The largest absolute Gasteiger partial charge is 0.493 e. The highest BCUT2D eigenvalue weighted by Crippen LogP contribution is 2.44. The van der Waals surface area contributed by atoms with Gasteiger partial charge >= 0.3 is 0 Å². The van der Waals surface area contributed by atoms with E-state index in [1.165, 1.54) is 0 Å². The Kier molecular flexibility index (Phi) is 6.08. The summed E-state index contributed by atoms with van der Waals surface area (Å²) in [6, 6.07) is 10.9. The third kappa shape index (κ3) is 4.10. The summed E-state index contributed by atoms with van der Waals surface area (Å²) in [5, 5.41) is 0.840. The van der Waals surface area contributed by atoms with Crippen molar-refractivity contribution in [3.05, 3.63) is 60.1 Å². The first-order valence-corrected chi connectivity index (χ1v) is 13.2. The maximum absolute atomic E-state index is 13.7. The molecule has 3 aliphatic rings. The summed E-state index contributed by atoms with van der Waals surface area (Å²) >= 11 is 0. The van der Waals surface area contributed by atoms with Crippen LogP contribution in [0, 0.1) is 11.3 Å². The third-order valence-corrected chi connectivity index (χ3v) is 8.73. The van der Waals surface area contributed by atoms with Crippen LogP contribution in [0.5, 0.6) is 5.75 Å². The number of hydrogen-bond donors (Lipinski definition) is 0. The van der Waals surface area contributed by atoms with E-state index in [0.717, 1.165) is 30.2 Å². The van der Waals surface area contributed by atoms with Crippen LogP contribution in [0.3, 0.4) is 0 Å². The number of nitrogens with zero attached hydrogens (tertiary/aromatic N) is 4. The molecule has 3 amide bonds. The smallest absolute Gasteiger partial charge is 0.289 e. The Morgan fingerprint density at radius 2 is 1.84 bits per heavy atom. The number of furan rings is 1. The first-order chi connectivity index (χ1) is 18.4. The molecule has 0 N–H and O–H groups in total. The predicted octanol–water partition coefficient (Wildman–Crippen LogP) is 3.51. The number of rotatable bonds is 4. The molecule has 9 heteroatoms. The van der Waals surface area contributed by atoms with E-state index in [1.807, 2.05) is 40.1 Å². The first-order valence-electron chi connectivity index (χ1n) is 13.2. The number of carbonyl (C=O) groups excluding carboxylic acids is 3. The summed E-state index contributed by atoms with van der Waals surface area (Å²) in [6.07, 6.45) is 6.25. The van der Waals surface area contributed by atoms with E-state index < -0.39 is 5.92 Å². The Morgan fingerprint density at radius 1 is 1.08 bits per heavy atom. The van der Waals surface area contributed by atoms with Crippen LogP contribution in [0.25, 0.3) is 11.0 Å². The van der Waals surface area contributed by atoms with Gasteiger partial charge < -0.3 is 23.9 Å².